The van der Waals surface area contributed by atoms with Gasteiger partial charge in [-0.1, -0.05) is 19.3 Å². The van der Waals surface area contributed by atoms with Gasteiger partial charge >= 0.3 is 0 Å². The van der Waals surface area contributed by atoms with Gasteiger partial charge in [0.15, 0.2) is 0 Å². The van der Waals surface area contributed by atoms with Crippen LogP contribution >= 0.6 is 0 Å². The van der Waals surface area contributed by atoms with E-state index < -0.39 is 0 Å². The van der Waals surface area contributed by atoms with Gasteiger partial charge in [-0.25, -0.2) is 4.98 Å². The number of anilines is 2. The van der Waals surface area contributed by atoms with Crippen molar-refractivity contribution >= 4 is 22.7 Å². The Labute approximate surface area is 174 Å². The first kappa shape index (κ1) is 19.7. The molecule has 1 saturated carbocycles. The molecule has 1 aliphatic rings. The largest absolute Gasteiger partial charge is 0.497 e. The van der Waals surface area contributed by atoms with Crippen LogP contribution in [0, 0.1) is 11.3 Å². The number of nitrogens with one attached hydrogen (secondary N) is 1. The van der Waals surface area contributed by atoms with Crippen molar-refractivity contribution < 1.29 is 9.47 Å². The SMILES string of the molecule is COc1cc(Nc2ncc3cc(C#N)c(=O)n(C4CCCCC4)c3n2)cc(OC)c1. The van der Waals surface area contributed by atoms with Crippen molar-refractivity contribution in [1.82, 2.24) is 14.5 Å². The van der Waals surface area contributed by atoms with Crippen LogP contribution in [0.1, 0.15) is 43.7 Å². The summed E-state index contributed by atoms with van der Waals surface area (Å²) in [5.74, 6) is 1.62. The zero-order valence-corrected chi connectivity index (χ0v) is 17.0. The summed E-state index contributed by atoms with van der Waals surface area (Å²) in [5.41, 5.74) is 1.07. The minimum absolute atomic E-state index is 0.0433. The summed E-state index contributed by atoms with van der Waals surface area (Å²) in [6.45, 7) is 0. The second-order valence-electron chi connectivity index (χ2n) is 7.34. The highest BCUT2D eigenvalue weighted by Gasteiger charge is 2.21. The van der Waals surface area contributed by atoms with Gasteiger partial charge in [0.25, 0.3) is 5.56 Å². The van der Waals surface area contributed by atoms with Crippen LogP contribution in [0.5, 0.6) is 11.5 Å². The van der Waals surface area contributed by atoms with Crippen molar-refractivity contribution in [3.05, 3.63) is 46.4 Å². The molecule has 30 heavy (non-hydrogen) atoms. The number of ether oxygens (including phenoxy) is 2. The number of nitriles is 1. The highest BCUT2D eigenvalue weighted by Crippen LogP contribution is 2.30. The van der Waals surface area contributed by atoms with E-state index >= 15 is 0 Å². The molecule has 3 aromatic rings. The van der Waals surface area contributed by atoms with Gasteiger partial charge in [-0.05, 0) is 18.9 Å². The molecule has 154 valence electrons. The number of benzene rings is 1. The average molecular weight is 405 g/mol. The molecule has 0 bridgehead atoms. The Balaban J connectivity index is 1.80. The second kappa shape index (κ2) is 8.41. The molecule has 4 rings (SSSR count). The van der Waals surface area contributed by atoms with Gasteiger partial charge in [0, 0.05) is 41.5 Å². The molecule has 8 heteroatoms. The zero-order valence-electron chi connectivity index (χ0n) is 17.0. The van der Waals surface area contributed by atoms with Crippen LogP contribution < -0.4 is 20.3 Å². The number of fused-ring (bicyclic) bond motifs is 1. The summed E-state index contributed by atoms with van der Waals surface area (Å²) in [5, 5.41) is 13.2. The molecule has 1 aromatic carbocycles. The smallest absolute Gasteiger partial charge is 0.270 e. The standard InChI is InChI=1S/C22H23N5O3/c1-29-18-9-16(10-19(11-18)30-2)25-22-24-13-15-8-14(12-23)21(28)27(20(15)26-22)17-6-4-3-5-7-17/h8-11,13,17H,3-7H2,1-2H3,(H,24,25,26). The van der Waals surface area contributed by atoms with E-state index in [9.17, 15) is 10.1 Å². The molecule has 1 aliphatic carbocycles. The molecule has 1 fully saturated rings. The first-order valence-electron chi connectivity index (χ1n) is 9.95. The van der Waals surface area contributed by atoms with Crippen LogP contribution in [0.2, 0.25) is 0 Å². The van der Waals surface area contributed by atoms with Crippen LogP contribution in [0.15, 0.2) is 35.3 Å². The second-order valence-corrected chi connectivity index (χ2v) is 7.34. The Morgan fingerprint density at radius 1 is 1.10 bits per heavy atom. The van der Waals surface area contributed by atoms with Crippen LogP contribution in [0.3, 0.4) is 0 Å². The maximum atomic E-state index is 13.0. The van der Waals surface area contributed by atoms with Crippen LogP contribution in [0.4, 0.5) is 11.6 Å². The van der Waals surface area contributed by atoms with E-state index in [-0.39, 0.29) is 17.2 Å². The lowest BCUT2D eigenvalue weighted by Gasteiger charge is -2.25. The summed E-state index contributed by atoms with van der Waals surface area (Å²) >= 11 is 0. The van der Waals surface area contributed by atoms with Crippen LogP contribution in [0.25, 0.3) is 11.0 Å². The minimum atomic E-state index is -0.287. The molecule has 0 saturated heterocycles. The molecule has 0 amide bonds. The zero-order chi connectivity index (χ0) is 21.1. The first-order valence-corrected chi connectivity index (χ1v) is 9.95. The van der Waals surface area contributed by atoms with Gasteiger partial charge in [0.2, 0.25) is 5.95 Å². The Kier molecular flexibility index (Phi) is 5.53. The summed E-state index contributed by atoms with van der Waals surface area (Å²) in [6, 6.07) is 9.01. The number of aromatic nitrogens is 3. The number of methoxy groups -OCH3 is 2. The van der Waals surface area contributed by atoms with Crippen molar-refractivity contribution in [2.45, 2.75) is 38.1 Å². The normalized spacial score (nSPS) is 14.3. The lowest BCUT2D eigenvalue weighted by Crippen LogP contribution is -2.29. The molecule has 2 heterocycles. The highest BCUT2D eigenvalue weighted by molar-refractivity contribution is 5.77. The summed E-state index contributed by atoms with van der Waals surface area (Å²) in [6.07, 6.45) is 6.75. The molecule has 0 unspecified atom stereocenters. The molecule has 0 aliphatic heterocycles. The predicted molar refractivity (Wildman–Crippen MR) is 113 cm³/mol. The first-order chi connectivity index (χ1) is 14.6. The van der Waals surface area contributed by atoms with Gasteiger partial charge in [-0.2, -0.15) is 10.2 Å². The van der Waals surface area contributed by atoms with Gasteiger partial charge in [0.1, 0.15) is 28.8 Å². The number of hydrogen-bond donors (Lipinski definition) is 1. The van der Waals surface area contributed by atoms with Crippen molar-refractivity contribution in [3.8, 4) is 17.6 Å². The third-order valence-corrected chi connectivity index (χ3v) is 5.44. The molecule has 8 nitrogen and oxygen atoms in total. The molecule has 1 N–H and O–H groups in total. The molecular weight excluding hydrogens is 382 g/mol. The van der Waals surface area contributed by atoms with Gasteiger partial charge in [0.05, 0.1) is 14.2 Å². The predicted octanol–water partition coefficient (Wildman–Crippen LogP) is 3.93. The fourth-order valence-corrected chi connectivity index (χ4v) is 3.95. The Bertz CT molecular complexity index is 1150. The van der Waals surface area contributed by atoms with Gasteiger partial charge < -0.3 is 14.8 Å². The van der Waals surface area contributed by atoms with Crippen molar-refractivity contribution in [2.24, 2.45) is 0 Å². The molecule has 2 aromatic heterocycles. The Morgan fingerprint density at radius 2 is 1.80 bits per heavy atom. The van der Waals surface area contributed by atoms with Crippen molar-refractivity contribution in [1.29, 1.82) is 5.26 Å². The van der Waals surface area contributed by atoms with Crippen LogP contribution in [-0.2, 0) is 0 Å². The summed E-state index contributed by atoms with van der Waals surface area (Å²) < 4.78 is 12.3. The molecule has 0 atom stereocenters. The highest BCUT2D eigenvalue weighted by atomic mass is 16.5. The Morgan fingerprint density at radius 3 is 2.43 bits per heavy atom. The third kappa shape index (κ3) is 3.79. The van der Waals surface area contributed by atoms with Crippen molar-refractivity contribution in [2.75, 3.05) is 19.5 Å². The van der Waals surface area contributed by atoms with E-state index in [1.165, 1.54) is 6.42 Å². The quantitative estimate of drug-likeness (QED) is 0.686. The van der Waals surface area contributed by atoms with E-state index in [1.807, 2.05) is 18.2 Å². The third-order valence-electron chi connectivity index (χ3n) is 5.44. The topological polar surface area (TPSA) is 102 Å². The maximum Gasteiger partial charge on any atom is 0.270 e. The van der Waals surface area contributed by atoms with Gasteiger partial charge in [-0.15, -0.1) is 0 Å². The Hall–Kier alpha value is -3.60. The number of rotatable bonds is 5. The molecule has 0 spiro atoms. The fourth-order valence-electron chi connectivity index (χ4n) is 3.95. The van der Waals surface area contributed by atoms with E-state index in [4.69, 9.17) is 9.47 Å². The average Bonchev–Trinajstić information content (AvgIpc) is 2.79. The monoisotopic (exact) mass is 405 g/mol. The van der Waals surface area contributed by atoms with E-state index in [0.717, 1.165) is 25.7 Å². The number of hydrogen-bond acceptors (Lipinski definition) is 7. The fraction of sp³-hybridized carbons (Fsp3) is 0.364. The summed E-state index contributed by atoms with van der Waals surface area (Å²) in [4.78, 5) is 22.0. The van der Waals surface area contributed by atoms with E-state index in [1.54, 1.807) is 37.1 Å². The number of nitrogens with zero attached hydrogens (tertiary/aromatic N) is 4. The lowest BCUT2D eigenvalue weighted by atomic mass is 9.95. The maximum absolute atomic E-state index is 13.0. The molecular formula is C22H23N5O3. The molecule has 0 radical (unpaired) electrons. The number of pyridine rings is 1. The van der Waals surface area contributed by atoms with Crippen LogP contribution in [-0.4, -0.2) is 28.8 Å². The van der Waals surface area contributed by atoms with E-state index in [0.29, 0.717) is 34.2 Å². The summed E-state index contributed by atoms with van der Waals surface area (Å²) in [7, 11) is 3.17. The van der Waals surface area contributed by atoms with E-state index in [2.05, 4.69) is 15.3 Å². The van der Waals surface area contributed by atoms with Gasteiger partial charge in [-0.3, -0.25) is 9.36 Å². The lowest BCUT2D eigenvalue weighted by molar-refractivity contribution is 0.352. The van der Waals surface area contributed by atoms with Crippen molar-refractivity contribution in [3.63, 3.8) is 0 Å². The minimum Gasteiger partial charge on any atom is -0.497 e.